The van der Waals surface area contributed by atoms with Gasteiger partial charge in [0.1, 0.15) is 39.2 Å². The second kappa shape index (κ2) is 19.7. The van der Waals surface area contributed by atoms with Crippen LogP contribution in [0.4, 0.5) is 51.2 Å². The van der Waals surface area contributed by atoms with Crippen molar-refractivity contribution in [1.82, 2.24) is 0 Å². The van der Waals surface area contributed by atoms with Gasteiger partial charge < -0.3 is 14.7 Å². The van der Waals surface area contributed by atoms with E-state index in [0.29, 0.717) is 0 Å². The lowest BCUT2D eigenvalue weighted by atomic mass is 9.61. The fourth-order valence-corrected chi connectivity index (χ4v) is 13.4. The number of hydrogen-bond donors (Lipinski definition) is 0. The summed E-state index contributed by atoms with van der Waals surface area (Å²) in [6.45, 7) is 0. The number of rotatable bonds is 11. The predicted molar refractivity (Wildman–Crippen MR) is 348 cm³/mol. The van der Waals surface area contributed by atoms with Crippen LogP contribution in [0.3, 0.4) is 0 Å². The van der Waals surface area contributed by atoms with Crippen molar-refractivity contribution in [1.29, 1.82) is 0 Å². The minimum Gasteiger partial charge on any atom is -0.312 e. The van der Waals surface area contributed by atoms with Crippen molar-refractivity contribution in [2.45, 2.75) is 0 Å². The van der Waals surface area contributed by atoms with E-state index in [1.807, 2.05) is 22.7 Å². The molecule has 2 aromatic heterocycles. The Labute approximate surface area is 457 Å². The first-order valence-corrected chi connectivity index (χ1v) is 27.7. The molecule has 13 aromatic rings. The summed E-state index contributed by atoms with van der Waals surface area (Å²) in [5.41, 5.74) is 21.7. The zero-order chi connectivity index (χ0) is 51.4. The van der Waals surface area contributed by atoms with Gasteiger partial charge in [-0.3, -0.25) is 0 Å². The summed E-state index contributed by atoms with van der Waals surface area (Å²) in [5, 5.41) is 5.04. The molecule has 0 N–H and O–H groups in total. The van der Waals surface area contributed by atoms with E-state index in [-0.39, 0.29) is 0 Å². The highest BCUT2D eigenvalue weighted by Gasteiger charge is 2.24. The molecule has 0 aliphatic heterocycles. The van der Waals surface area contributed by atoms with E-state index in [1.54, 1.807) is 0 Å². The Balaban J connectivity index is 0.908. The number of para-hydroxylation sites is 2. The molecule has 0 radical (unpaired) electrons. The molecule has 0 saturated heterocycles. The van der Waals surface area contributed by atoms with E-state index < -0.39 is 0 Å². The molecule has 2 heterocycles. The lowest BCUT2D eigenvalue weighted by Gasteiger charge is -2.32. The van der Waals surface area contributed by atoms with E-state index in [1.165, 1.54) is 95.6 Å². The van der Waals surface area contributed by atoms with Crippen LogP contribution in [0.2, 0.25) is 0 Å². The van der Waals surface area contributed by atoms with Crippen molar-refractivity contribution in [3.63, 3.8) is 0 Å². The van der Waals surface area contributed by atoms with Crippen molar-refractivity contribution in [2.75, 3.05) is 14.7 Å². The Morgan fingerprint density at radius 1 is 0.224 bits per heavy atom. The topological polar surface area (TPSA) is 9.72 Å². The van der Waals surface area contributed by atoms with Crippen LogP contribution in [0.25, 0.3) is 62.6 Å². The first kappa shape index (κ1) is 47.3. The van der Waals surface area contributed by atoms with Crippen LogP contribution in [-0.2, 0) is 0 Å². The number of anilines is 9. The number of thiophene rings is 2. The predicted octanol–water partition coefficient (Wildman–Crippen LogP) is 11.5. The molecule has 0 atom stereocenters. The number of benzene rings is 11. The van der Waals surface area contributed by atoms with Crippen LogP contribution in [0.5, 0.6) is 0 Å². The third-order valence-corrected chi connectivity index (χ3v) is 17.9. The molecule has 3 nitrogen and oxygen atoms in total. The molecule has 0 aliphatic carbocycles. The van der Waals surface area contributed by atoms with Gasteiger partial charge in [0.25, 0.3) is 0 Å². The molecule has 0 spiro atoms. The Morgan fingerprint density at radius 2 is 0.526 bits per heavy atom. The standard InChI is InChI=1S/C66H50B5N3S2/c67-61-62(68)64(70)66(65(71)63(61)69)74(49-31-35-57-55(37-49)53-33-29-51(39-59(53)75-57)72(45-17-9-3-10-18-45)47-25-21-43(22-26-47)41-13-5-1-6-14-41)50-32-36-58-56(38-50)54-34-30-52(40-60(54)76-58)73(46-19-11-4-12-20-46)48-27-23-44(24-28-48)42-15-7-2-8-16-42/h1-40H,67-71H2. The number of nitrogens with zero attached hydrogens (tertiary/aromatic N) is 3. The first-order valence-electron chi connectivity index (χ1n) is 26.1. The average molecular weight is 1000 g/mol. The summed E-state index contributed by atoms with van der Waals surface area (Å²) in [7, 11) is 11.4. The van der Waals surface area contributed by atoms with Crippen molar-refractivity contribution >= 4 is 181 Å². The molecule has 0 bridgehead atoms. The van der Waals surface area contributed by atoms with Gasteiger partial charge in [0.2, 0.25) is 0 Å². The van der Waals surface area contributed by atoms with E-state index in [2.05, 4.69) is 297 Å². The summed E-state index contributed by atoms with van der Waals surface area (Å²) in [4.78, 5) is 7.27. The Hall–Kier alpha value is -8.42. The maximum atomic E-state index is 2.53. The molecular formula is C66H50B5N3S2. The van der Waals surface area contributed by atoms with Gasteiger partial charge in [-0.25, -0.2) is 0 Å². The lowest BCUT2D eigenvalue weighted by molar-refractivity contribution is 1.29. The van der Waals surface area contributed by atoms with Crippen LogP contribution >= 0.6 is 22.7 Å². The van der Waals surface area contributed by atoms with Gasteiger partial charge in [0.05, 0.1) is 0 Å². The molecule has 10 heteroatoms. The zero-order valence-corrected chi connectivity index (χ0v) is 44.9. The van der Waals surface area contributed by atoms with E-state index in [9.17, 15) is 0 Å². The largest absolute Gasteiger partial charge is 0.312 e. The van der Waals surface area contributed by atoms with Gasteiger partial charge in [-0.2, -0.15) is 0 Å². The Bertz CT molecular complexity index is 4010. The van der Waals surface area contributed by atoms with Crippen molar-refractivity contribution < 1.29 is 0 Å². The summed E-state index contributed by atoms with van der Waals surface area (Å²) >= 11 is 3.73. The molecule has 76 heavy (non-hydrogen) atoms. The van der Waals surface area contributed by atoms with E-state index in [0.717, 1.165) is 45.5 Å². The minimum absolute atomic E-state index is 1.12. The van der Waals surface area contributed by atoms with E-state index in [4.69, 9.17) is 0 Å². The molecule has 0 aliphatic rings. The maximum Gasteiger partial charge on any atom is 0.141 e. The highest BCUT2D eigenvalue weighted by molar-refractivity contribution is 7.26. The van der Waals surface area contributed by atoms with E-state index >= 15 is 0 Å². The number of hydrogen-bond acceptors (Lipinski definition) is 5. The third-order valence-electron chi connectivity index (χ3n) is 15.6. The molecule has 0 fully saturated rings. The Morgan fingerprint density at radius 3 is 0.921 bits per heavy atom. The first-order chi connectivity index (χ1) is 37.3. The summed E-state index contributed by atoms with van der Waals surface area (Å²) < 4.78 is 5.05. The van der Waals surface area contributed by atoms with Crippen LogP contribution in [0, 0.1) is 0 Å². The second-order valence-corrected chi connectivity index (χ2v) is 22.1. The lowest BCUT2D eigenvalue weighted by Crippen LogP contribution is -2.56. The quantitative estimate of drug-likeness (QED) is 0.120. The normalized spacial score (nSPS) is 11.4. The monoisotopic (exact) mass is 1000 g/mol. The van der Waals surface area contributed by atoms with Crippen LogP contribution < -0.4 is 42.0 Å². The maximum absolute atomic E-state index is 2.53. The molecule has 0 unspecified atom stereocenters. The fourth-order valence-electron chi connectivity index (χ4n) is 11.2. The van der Waals surface area contributed by atoms with Crippen LogP contribution in [-0.4, -0.2) is 39.2 Å². The van der Waals surface area contributed by atoms with Gasteiger partial charge >= 0.3 is 0 Å². The highest BCUT2D eigenvalue weighted by Crippen LogP contribution is 2.46. The fraction of sp³-hybridized carbons (Fsp3) is 0. The molecule has 356 valence electrons. The summed E-state index contributed by atoms with van der Waals surface area (Å²) in [5.74, 6) is 0. The van der Waals surface area contributed by atoms with Gasteiger partial charge in [-0.1, -0.05) is 155 Å². The van der Waals surface area contributed by atoms with Crippen LogP contribution in [0.1, 0.15) is 0 Å². The average Bonchev–Trinajstić information content (AvgIpc) is 4.04. The Kier molecular flexibility index (Phi) is 12.3. The van der Waals surface area contributed by atoms with Gasteiger partial charge in [0.15, 0.2) is 0 Å². The third kappa shape index (κ3) is 8.48. The molecule has 0 amide bonds. The van der Waals surface area contributed by atoms with Crippen molar-refractivity contribution in [2.24, 2.45) is 0 Å². The smallest absolute Gasteiger partial charge is 0.141 e. The summed E-state index contributed by atoms with van der Waals surface area (Å²) in [6.07, 6.45) is 0. The van der Waals surface area contributed by atoms with Crippen LogP contribution in [0.15, 0.2) is 243 Å². The molecular weight excluding hydrogens is 953 g/mol. The van der Waals surface area contributed by atoms with Crippen molar-refractivity contribution in [3.8, 4) is 22.3 Å². The van der Waals surface area contributed by atoms with Gasteiger partial charge in [-0.05, 0) is 131 Å². The number of fused-ring (bicyclic) bond motifs is 6. The minimum atomic E-state index is 1.12. The SMILES string of the molecule is Bc1c(B)c(B)c(N(c2ccc3sc4cc(N(c5ccccc5)c5ccc(-c6ccccc6)cc5)ccc4c3c2)c2ccc3sc4cc(N(c5ccccc5)c5ccc(-c6ccccc6)cc5)ccc4c3c2)c(B)c1B. The summed E-state index contributed by atoms with van der Waals surface area (Å²) in [6, 6.07) is 88.7. The molecule has 0 saturated carbocycles. The molecule has 13 rings (SSSR count). The molecule has 11 aromatic carbocycles. The highest BCUT2D eigenvalue weighted by atomic mass is 32.1. The van der Waals surface area contributed by atoms with Crippen molar-refractivity contribution in [3.05, 3.63) is 243 Å². The van der Waals surface area contributed by atoms with Gasteiger partial charge in [-0.15, -0.1) is 28.1 Å². The zero-order valence-electron chi connectivity index (χ0n) is 43.3. The second-order valence-electron chi connectivity index (χ2n) is 19.9. The van der Waals surface area contributed by atoms with Gasteiger partial charge in [0, 0.05) is 91.5 Å².